The van der Waals surface area contributed by atoms with Crippen LogP contribution in [0.15, 0.2) is 0 Å². The zero-order chi connectivity index (χ0) is 16.7. The highest BCUT2D eigenvalue weighted by Crippen LogP contribution is 2.11. The van der Waals surface area contributed by atoms with Crippen molar-refractivity contribution in [3.8, 4) is 0 Å². The van der Waals surface area contributed by atoms with E-state index in [1.165, 1.54) is 0 Å². The third-order valence-electron chi connectivity index (χ3n) is 2.72. The number of carbonyl (C=O) groups is 3. The normalized spacial score (nSPS) is 18.2. The van der Waals surface area contributed by atoms with Crippen LogP contribution in [0.2, 0.25) is 0 Å². The van der Waals surface area contributed by atoms with Crippen molar-refractivity contribution >= 4 is 17.7 Å². The van der Waals surface area contributed by atoms with E-state index < -0.39 is 61.1 Å². The summed E-state index contributed by atoms with van der Waals surface area (Å²) in [6, 6.07) is -1.61. The lowest BCUT2D eigenvalue weighted by atomic mass is 9.94. The standard InChI is InChI=1S/C11H19NO9/c1-4(14)12-8(5(15)2-6(16)11(20)21)10(19)9(18)7(17)3-13/h5,7-10,13,15,17-19H,2-3H2,1H3,(H,12,14)(H,20,21)/t5-,7+,8-,9+,10+/m0/s1. The SMILES string of the molecule is CC(=O)N[C@H]([C@@H](O)[C@H](O)[C@H](O)CO)[C@@H](O)CC(=O)C(=O)O. The molecule has 5 atom stereocenters. The van der Waals surface area contributed by atoms with Gasteiger partial charge in [-0.2, -0.15) is 0 Å². The minimum absolute atomic E-state index is 0.730. The van der Waals surface area contributed by atoms with Gasteiger partial charge in [-0.3, -0.25) is 9.59 Å². The van der Waals surface area contributed by atoms with E-state index in [9.17, 15) is 34.8 Å². The highest BCUT2D eigenvalue weighted by atomic mass is 16.4. The minimum Gasteiger partial charge on any atom is -0.475 e. The van der Waals surface area contributed by atoms with Crippen LogP contribution in [-0.2, 0) is 14.4 Å². The summed E-state index contributed by atoms with van der Waals surface area (Å²) in [5.41, 5.74) is 0. The molecule has 0 bridgehead atoms. The second-order valence-electron chi connectivity index (χ2n) is 4.46. The molecule has 122 valence electrons. The second-order valence-corrected chi connectivity index (χ2v) is 4.46. The number of ketones is 1. The molecular formula is C11H19NO9. The number of aliphatic hydroxyl groups excluding tert-OH is 5. The number of carboxylic acids is 1. The Labute approximate surface area is 119 Å². The number of carbonyl (C=O) groups excluding carboxylic acids is 2. The van der Waals surface area contributed by atoms with Crippen LogP contribution in [0.1, 0.15) is 13.3 Å². The van der Waals surface area contributed by atoms with Gasteiger partial charge in [0.15, 0.2) is 0 Å². The van der Waals surface area contributed by atoms with Crippen molar-refractivity contribution in [1.82, 2.24) is 5.32 Å². The number of nitrogens with one attached hydrogen (secondary N) is 1. The first-order valence-electron chi connectivity index (χ1n) is 5.98. The van der Waals surface area contributed by atoms with E-state index in [2.05, 4.69) is 0 Å². The first-order valence-corrected chi connectivity index (χ1v) is 5.98. The number of amides is 1. The van der Waals surface area contributed by atoms with Crippen molar-refractivity contribution in [2.75, 3.05) is 6.61 Å². The summed E-state index contributed by atoms with van der Waals surface area (Å²) in [6.45, 7) is 0.134. The zero-order valence-electron chi connectivity index (χ0n) is 11.2. The van der Waals surface area contributed by atoms with Crippen LogP contribution in [0.5, 0.6) is 0 Å². The van der Waals surface area contributed by atoms with Crippen molar-refractivity contribution in [3.63, 3.8) is 0 Å². The summed E-state index contributed by atoms with van der Waals surface area (Å²) in [5.74, 6) is -3.89. The van der Waals surface area contributed by atoms with Gasteiger partial charge in [-0.05, 0) is 0 Å². The maximum absolute atomic E-state index is 11.0. The molecule has 0 aromatic heterocycles. The molecule has 0 spiro atoms. The van der Waals surface area contributed by atoms with Crippen LogP contribution >= 0.6 is 0 Å². The minimum atomic E-state index is -1.94. The fourth-order valence-corrected chi connectivity index (χ4v) is 1.60. The first kappa shape index (κ1) is 19.4. The number of rotatable bonds is 9. The largest absolute Gasteiger partial charge is 0.475 e. The predicted molar refractivity (Wildman–Crippen MR) is 66.0 cm³/mol. The molecule has 0 aromatic rings. The van der Waals surface area contributed by atoms with Gasteiger partial charge in [0, 0.05) is 13.3 Å². The molecule has 0 saturated carbocycles. The molecule has 7 N–H and O–H groups in total. The fraction of sp³-hybridized carbons (Fsp3) is 0.727. The molecule has 0 fully saturated rings. The molecule has 10 nitrogen and oxygen atoms in total. The van der Waals surface area contributed by atoms with Crippen LogP contribution in [0.4, 0.5) is 0 Å². The lowest BCUT2D eigenvalue weighted by Gasteiger charge is -2.32. The summed E-state index contributed by atoms with van der Waals surface area (Å²) in [4.78, 5) is 32.4. The maximum Gasteiger partial charge on any atom is 0.372 e. The van der Waals surface area contributed by atoms with E-state index in [1.54, 1.807) is 0 Å². The molecule has 1 amide bonds. The van der Waals surface area contributed by atoms with Crippen LogP contribution in [0, 0.1) is 0 Å². The molecule has 0 radical (unpaired) electrons. The predicted octanol–water partition coefficient (Wildman–Crippen LogP) is -4.03. The highest BCUT2D eigenvalue weighted by molar-refractivity contribution is 6.32. The highest BCUT2D eigenvalue weighted by Gasteiger charge is 2.37. The number of Topliss-reactive ketones (excluding diaryl/α,β-unsaturated/α-hetero) is 1. The number of aliphatic hydroxyl groups is 5. The third kappa shape index (κ3) is 6.14. The zero-order valence-corrected chi connectivity index (χ0v) is 11.2. The first-order chi connectivity index (χ1) is 9.61. The Morgan fingerprint density at radius 2 is 1.52 bits per heavy atom. The van der Waals surface area contributed by atoms with Gasteiger partial charge < -0.3 is 36.0 Å². The van der Waals surface area contributed by atoms with Crippen molar-refractivity contribution in [3.05, 3.63) is 0 Å². The average molecular weight is 309 g/mol. The topological polar surface area (TPSA) is 185 Å². The number of carboxylic acid groups (broad SMARTS) is 1. The maximum atomic E-state index is 11.0. The van der Waals surface area contributed by atoms with Crippen LogP contribution in [0.3, 0.4) is 0 Å². The molecule has 0 aliphatic carbocycles. The quantitative estimate of drug-likeness (QED) is 0.208. The molecule has 0 heterocycles. The molecule has 21 heavy (non-hydrogen) atoms. The Morgan fingerprint density at radius 3 is 1.90 bits per heavy atom. The molecule has 0 aliphatic rings. The summed E-state index contributed by atoms with van der Waals surface area (Å²) in [5, 5.41) is 57.4. The Bertz CT molecular complexity index is 386. The molecule has 0 unspecified atom stereocenters. The summed E-state index contributed by atoms with van der Waals surface area (Å²) in [7, 11) is 0. The second kappa shape index (κ2) is 8.64. The van der Waals surface area contributed by atoms with Crippen LogP contribution in [-0.4, -0.2) is 85.4 Å². The van der Waals surface area contributed by atoms with Gasteiger partial charge >= 0.3 is 5.97 Å². The van der Waals surface area contributed by atoms with E-state index in [4.69, 9.17) is 10.2 Å². The molecule has 0 rings (SSSR count). The third-order valence-corrected chi connectivity index (χ3v) is 2.72. The van der Waals surface area contributed by atoms with E-state index in [1.807, 2.05) is 5.32 Å². The summed E-state index contributed by atoms with van der Waals surface area (Å²) in [6.07, 6.45) is -8.35. The van der Waals surface area contributed by atoms with E-state index >= 15 is 0 Å². The van der Waals surface area contributed by atoms with Gasteiger partial charge in [0.1, 0.15) is 18.3 Å². The number of hydrogen-bond donors (Lipinski definition) is 7. The van der Waals surface area contributed by atoms with Crippen LogP contribution < -0.4 is 5.32 Å². The van der Waals surface area contributed by atoms with Gasteiger partial charge in [-0.1, -0.05) is 0 Å². The van der Waals surface area contributed by atoms with Crippen LogP contribution in [0.25, 0.3) is 0 Å². The van der Waals surface area contributed by atoms with Gasteiger partial charge in [0.25, 0.3) is 0 Å². The molecule has 0 saturated heterocycles. The number of aliphatic carboxylic acids is 1. The Hall–Kier alpha value is -1.59. The van der Waals surface area contributed by atoms with Crippen molar-refractivity contribution in [1.29, 1.82) is 0 Å². The van der Waals surface area contributed by atoms with Gasteiger partial charge in [0.05, 0.1) is 18.8 Å². The van der Waals surface area contributed by atoms with Crippen molar-refractivity contribution < 1.29 is 45.0 Å². The lowest BCUT2D eigenvalue weighted by molar-refractivity contribution is -0.151. The van der Waals surface area contributed by atoms with E-state index in [0.717, 1.165) is 6.92 Å². The Balaban J connectivity index is 5.04. The van der Waals surface area contributed by atoms with Crippen molar-refractivity contribution in [2.24, 2.45) is 0 Å². The summed E-state index contributed by atoms with van der Waals surface area (Å²) < 4.78 is 0. The fourth-order valence-electron chi connectivity index (χ4n) is 1.60. The number of hydrogen-bond acceptors (Lipinski definition) is 8. The monoisotopic (exact) mass is 309 g/mol. The summed E-state index contributed by atoms with van der Waals surface area (Å²) >= 11 is 0. The Morgan fingerprint density at radius 1 is 1.00 bits per heavy atom. The van der Waals surface area contributed by atoms with Gasteiger partial charge in [0.2, 0.25) is 11.7 Å². The Kier molecular flexibility index (Phi) is 7.99. The van der Waals surface area contributed by atoms with Gasteiger partial charge in [-0.15, -0.1) is 0 Å². The van der Waals surface area contributed by atoms with Crippen molar-refractivity contribution in [2.45, 2.75) is 43.8 Å². The van der Waals surface area contributed by atoms with E-state index in [-0.39, 0.29) is 0 Å². The average Bonchev–Trinajstić information content (AvgIpc) is 2.41. The smallest absolute Gasteiger partial charge is 0.372 e. The molecule has 0 aliphatic heterocycles. The molecular weight excluding hydrogens is 290 g/mol. The van der Waals surface area contributed by atoms with E-state index in [0.29, 0.717) is 0 Å². The lowest BCUT2D eigenvalue weighted by Crippen LogP contribution is -2.57. The van der Waals surface area contributed by atoms with Gasteiger partial charge in [-0.25, -0.2) is 4.79 Å². The molecule has 10 heteroatoms. The molecule has 0 aromatic carbocycles.